The van der Waals surface area contributed by atoms with Crippen LogP contribution < -0.4 is 5.32 Å². The van der Waals surface area contributed by atoms with Gasteiger partial charge in [-0.1, -0.05) is 19.0 Å². The van der Waals surface area contributed by atoms with Crippen molar-refractivity contribution in [2.45, 2.75) is 19.8 Å². The van der Waals surface area contributed by atoms with Gasteiger partial charge in [0.05, 0.1) is 11.3 Å². The average molecular weight is 310 g/mol. The SMILES string of the molecule is CC(C)c1cc(NC(=O)c2cncc(Br)c2)on1. The molecule has 0 aliphatic rings. The highest BCUT2D eigenvalue weighted by atomic mass is 79.9. The molecule has 0 aliphatic heterocycles. The number of nitrogens with one attached hydrogen (secondary N) is 1. The van der Waals surface area contributed by atoms with Crippen molar-refractivity contribution in [3.63, 3.8) is 0 Å². The first-order chi connectivity index (χ1) is 8.56. The van der Waals surface area contributed by atoms with E-state index in [4.69, 9.17) is 4.52 Å². The molecule has 0 atom stereocenters. The highest BCUT2D eigenvalue weighted by Crippen LogP contribution is 2.18. The summed E-state index contributed by atoms with van der Waals surface area (Å²) in [5, 5.41) is 6.50. The molecule has 0 aromatic carbocycles. The molecular formula is C12H12BrN3O2. The van der Waals surface area contributed by atoms with E-state index in [9.17, 15) is 4.79 Å². The van der Waals surface area contributed by atoms with Gasteiger partial charge in [-0.15, -0.1) is 0 Å². The van der Waals surface area contributed by atoms with E-state index in [1.807, 2.05) is 13.8 Å². The van der Waals surface area contributed by atoms with Crippen LogP contribution >= 0.6 is 15.9 Å². The van der Waals surface area contributed by atoms with Crippen molar-refractivity contribution >= 4 is 27.7 Å². The summed E-state index contributed by atoms with van der Waals surface area (Å²) in [6.07, 6.45) is 3.10. The van der Waals surface area contributed by atoms with E-state index in [1.165, 1.54) is 6.20 Å². The molecule has 5 nitrogen and oxygen atoms in total. The largest absolute Gasteiger partial charge is 0.338 e. The van der Waals surface area contributed by atoms with Crippen LogP contribution in [0.1, 0.15) is 35.8 Å². The molecule has 1 N–H and O–H groups in total. The van der Waals surface area contributed by atoms with Crippen LogP contribution in [-0.4, -0.2) is 16.0 Å². The summed E-state index contributed by atoms with van der Waals surface area (Å²) in [5.74, 6) is 0.311. The molecule has 0 saturated carbocycles. The Kier molecular flexibility index (Phi) is 3.76. The Morgan fingerprint density at radius 3 is 2.78 bits per heavy atom. The summed E-state index contributed by atoms with van der Waals surface area (Å²) in [7, 11) is 0. The number of halogens is 1. The predicted molar refractivity (Wildman–Crippen MR) is 70.5 cm³/mol. The summed E-state index contributed by atoms with van der Waals surface area (Å²) < 4.78 is 5.78. The zero-order valence-corrected chi connectivity index (χ0v) is 11.6. The normalized spacial score (nSPS) is 10.7. The quantitative estimate of drug-likeness (QED) is 0.945. The van der Waals surface area contributed by atoms with Crippen LogP contribution in [0.3, 0.4) is 0 Å². The second-order valence-electron chi connectivity index (χ2n) is 4.12. The van der Waals surface area contributed by atoms with Crippen LogP contribution in [0, 0.1) is 0 Å². The molecule has 2 aromatic heterocycles. The van der Waals surface area contributed by atoms with Crippen molar-refractivity contribution in [1.29, 1.82) is 0 Å². The van der Waals surface area contributed by atoms with Crippen LogP contribution in [-0.2, 0) is 0 Å². The minimum absolute atomic E-state index is 0.256. The maximum Gasteiger partial charge on any atom is 0.259 e. The fraction of sp³-hybridized carbons (Fsp3) is 0.250. The Morgan fingerprint density at radius 2 is 2.17 bits per heavy atom. The smallest absolute Gasteiger partial charge is 0.259 e. The molecule has 0 aliphatic carbocycles. The maximum atomic E-state index is 11.9. The second-order valence-corrected chi connectivity index (χ2v) is 5.03. The minimum Gasteiger partial charge on any atom is -0.338 e. The van der Waals surface area contributed by atoms with Crippen LogP contribution in [0.15, 0.2) is 33.5 Å². The summed E-state index contributed by atoms with van der Waals surface area (Å²) in [6, 6.07) is 3.40. The maximum absolute atomic E-state index is 11.9. The topological polar surface area (TPSA) is 68.0 Å². The second kappa shape index (κ2) is 5.30. The molecule has 0 radical (unpaired) electrons. The summed E-state index contributed by atoms with van der Waals surface area (Å²) in [5.41, 5.74) is 1.25. The third kappa shape index (κ3) is 2.95. The zero-order chi connectivity index (χ0) is 13.1. The molecule has 94 valence electrons. The summed E-state index contributed by atoms with van der Waals surface area (Å²) in [6.45, 7) is 4.00. The Hall–Kier alpha value is -1.69. The lowest BCUT2D eigenvalue weighted by Crippen LogP contribution is -2.11. The van der Waals surface area contributed by atoms with Gasteiger partial charge in [-0.05, 0) is 27.9 Å². The molecule has 0 spiro atoms. The number of rotatable bonds is 3. The standard InChI is InChI=1S/C12H12BrN3O2/c1-7(2)10-4-11(18-16-10)15-12(17)8-3-9(13)6-14-5-8/h3-7H,1-2H3,(H,15,17). The van der Waals surface area contributed by atoms with Gasteiger partial charge in [0.2, 0.25) is 5.88 Å². The number of hydrogen-bond acceptors (Lipinski definition) is 4. The van der Waals surface area contributed by atoms with Gasteiger partial charge in [-0.25, -0.2) is 0 Å². The van der Waals surface area contributed by atoms with Gasteiger partial charge in [0, 0.05) is 22.9 Å². The van der Waals surface area contributed by atoms with Gasteiger partial charge in [-0.3, -0.25) is 15.1 Å². The monoisotopic (exact) mass is 309 g/mol. The van der Waals surface area contributed by atoms with Crippen molar-refractivity contribution in [1.82, 2.24) is 10.1 Å². The lowest BCUT2D eigenvalue weighted by molar-refractivity contribution is 0.102. The summed E-state index contributed by atoms with van der Waals surface area (Å²) >= 11 is 3.26. The van der Waals surface area contributed by atoms with Gasteiger partial charge in [0.25, 0.3) is 5.91 Å². The first-order valence-electron chi connectivity index (χ1n) is 5.45. The number of hydrogen-bond donors (Lipinski definition) is 1. The molecule has 0 unspecified atom stereocenters. The van der Waals surface area contributed by atoms with Crippen molar-refractivity contribution in [2.24, 2.45) is 0 Å². The van der Waals surface area contributed by atoms with E-state index in [2.05, 4.69) is 31.4 Å². The molecule has 0 fully saturated rings. The predicted octanol–water partition coefficient (Wildman–Crippen LogP) is 3.21. The van der Waals surface area contributed by atoms with Crippen LogP contribution in [0.25, 0.3) is 0 Å². The highest BCUT2D eigenvalue weighted by Gasteiger charge is 2.12. The van der Waals surface area contributed by atoms with Gasteiger partial charge in [0.1, 0.15) is 0 Å². The zero-order valence-electron chi connectivity index (χ0n) is 9.98. The molecule has 6 heteroatoms. The minimum atomic E-state index is -0.282. The van der Waals surface area contributed by atoms with Gasteiger partial charge >= 0.3 is 0 Å². The van der Waals surface area contributed by atoms with Crippen molar-refractivity contribution in [2.75, 3.05) is 5.32 Å². The molecule has 0 saturated heterocycles. The number of anilines is 1. The number of pyridine rings is 1. The van der Waals surface area contributed by atoms with E-state index in [0.717, 1.165) is 10.2 Å². The molecule has 18 heavy (non-hydrogen) atoms. The number of carbonyl (C=O) groups excluding carboxylic acids is 1. The van der Waals surface area contributed by atoms with E-state index < -0.39 is 0 Å². The first-order valence-corrected chi connectivity index (χ1v) is 6.24. The van der Waals surface area contributed by atoms with E-state index >= 15 is 0 Å². The molecular weight excluding hydrogens is 298 g/mol. The van der Waals surface area contributed by atoms with Crippen molar-refractivity contribution in [3.8, 4) is 0 Å². The fourth-order valence-electron chi connectivity index (χ4n) is 1.34. The van der Waals surface area contributed by atoms with Crippen LogP contribution in [0.5, 0.6) is 0 Å². The third-order valence-corrected chi connectivity index (χ3v) is 2.76. The number of aromatic nitrogens is 2. The van der Waals surface area contributed by atoms with Crippen LogP contribution in [0.2, 0.25) is 0 Å². The molecule has 0 bridgehead atoms. The van der Waals surface area contributed by atoms with E-state index in [-0.39, 0.29) is 11.8 Å². The Morgan fingerprint density at radius 1 is 1.39 bits per heavy atom. The number of carbonyl (C=O) groups is 1. The van der Waals surface area contributed by atoms with E-state index in [1.54, 1.807) is 18.3 Å². The Balaban J connectivity index is 2.11. The molecule has 2 heterocycles. The first kappa shape index (κ1) is 12.8. The number of nitrogens with zero attached hydrogens (tertiary/aromatic N) is 2. The third-order valence-electron chi connectivity index (χ3n) is 2.32. The highest BCUT2D eigenvalue weighted by molar-refractivity contribution is 9.10. The van der Waals surface area contributed by atoms with Gasteiger partial charge in [0.15, 0.2) is 0 Å². The summed E-state index contributed by atoms with van der Waals surface area (Å²) in [4.78, 5) is 15.8. The van der Waals surface area contributed by atoms with Crippen molar-refractivity contribution in [3.05, 3.63) is 40.3 Å². The number of amides is 1. The molecule has 2 aromatic rings. The molecule has 2 rings (SSSR count). The van der Waals surface area contributed by atoms with Gasteiger partial charge in [-0.2, -0.15) is 0 Å². The molecule has 1 amide bonds. The van der Waals surface area contributed by atoms with E-state index in [0.29, 0.717) is 11.4 Å². The van der Waals surface area contributed by atoms with Gasteiger partial charge < -0.3 is 4.52 Å². The Bertz CT molecular complexity index is 566. The lowest BCUT2D eigenvalue weighted by atomic mass is 10.1. The lowest BCUT2D eigenvalue weighted by Gasteiger charge is -2.00. The van der Waals surface area contributed by atoms with Crippen molar-refractivity contribution < 1.29 is 9.32 Å². The average Bonchev–Trinajstić information content (AvgIpc) is 2.77. The fourth-order valence-corrected chi connectivity index (χ4v) is 1.70. The Labute approximate surface area is 113 Å². The van der Waals surface area contributed by atoms with Crippen LogP contribution in [0.4, 0.5) is 5.88 Å².